The van der Waals surface area contributed by atoms with Crippen molar-refractivity contribution in [2.75, 3.05) is 30.4 Å². The first kappa shape index (κ1) is 24.9. The molecule has 0 aromatic heterocycles. The van der Waals surface area contributed by atoms with Crippen molar-refractivity contribution in [3.63, 3.8) is 0 Å². The van der Waals surface area contributed by atoms with Gasteiger partial charge in [0, 0.05) is 18.2 Å². The van der Waals surface area contributed by atoms with Gasteiger partial charge < -0.3 is 20.1 Å². The summed E-state index contributed by atoms with van der Waals surface area (Å²) in [5, 5.41) is 6.12. The van der Waals surface area contributed by atoms with Gasteiger partial charge in [0.15, 0.2) is 0 Å². The second kappa shape index (κ2) is 13.6. The van der Waals surface area contributed by atoms with Crippen LogP contribution in [-0.4, -0.2) is 25.7 Å². The van der Waals surface area contributed by atoms with Crippen molar-refractivity contribution in [3.8, 4) is 11.5 Å². The Morgan fingerprint density at radius 2 is 1.36 bits per heavy atom. The van der Waals surface area contributed by atoms with Gasteiger partial charge in [0.1, 0.15) is 11.5 Å². The SMILES string of the molecule is O=C(CNc1cccc(OCCc2ccccc2)c1)Nc1ccccc1OCCCc1ccccc1. The molecule has 0 fully saturated rings. The first-order chi connectivity index (χ1) is 17.8. The van der Waals surface area contributed by atoms with Crippen LogP contribution in [-0.2, 0) is 17.6 Å². The van der Waals surface area contributed by atoms with Crippen molar-refractivity contribution in [3.05, 3.63) is 120 Å². The predicted molar refractivity (Wildman–Crippen MR) is 146 cm³/mol. The maximum atomic E-state index is 12.6. The molecule has 0 heterocycles. The Balaban J connectivity index is 1.21. The molecule has 1 amide bonds. The molecule has 0 saturated heterocycles. The molecule has 0 aliphatic heterocycles. The maximum Gasteiger partial charge on any atom is 0.243 e. The van der Waals surface area contributed by atoms with Crippen molar-refractivity contribution in [1.82, 2.24) is 0 Å². The summed E-state index contributed by atoms with van der Waals surface area (Å²) < 4.78 is 11.8. The number of anilines is 2. The molecule has 36 heavy (non-hydrogen) atoms. The summed E-state index contributed by atoms with van der Waals surface area (Å²) in [7, 11) is 0. The van der Waals surface area contributed by atoms with Gasteiger partial charge in [-0.15, -0.1) is 0 Å². The van der Waals surface area contributed by atoms with E-state index in [-0.39, 0.29) is 12.5 Å². The van der Waals surface area contributed by atoms with E-state index in [0.717, 1.165) is 30.7 Å². The minimum absolute atomic E-state index is 0.135. The Labute approximate surface area is 213 Å². The van der Waals surface area contributed by atoms with E-state index in [1.807, 2.05) is 84.9 Å². The van der Waals surface area contributed by atoms with E-state index in [1.165, 1.54) is 11.1 Å². The Bertz CT molecular complexity index is 1210. The lowest BCUT2D eigenvalue weighted by molar-refractivity contribution is -0.114. The highest BCUT2D eigenvalue weighted by Crippen LogP contribution is 2.24. The molecule has 0 radical (unpaired) electrons. The molecular formula is C31H32N2O3. The van der Waals surface area contributed by atoms with Gasteiger partial charge in [0.2, 0.25) is 5.91 Å². The van der Waals surface area contributed by atoms with Crippen LogP contribution in [0.2, 0.25) is 0 Å². The van der Waals surface area contributed by atoms with Crippen LogP contribution in [0.5, 0.6) is 11.5 Å². The van der Waals surface area contributed by atoms with Crippen LogP contribution in [0.3, 0.4) is 0 Å². The normalized spacial score (nSPS) is 10.4. The van der Waals surface area contributed by atoms with Crippen LogP contribution in [0.15, 0.2) is 109 Å². The van der Waals surface area contributed by atoms with Crippen molar-refractivity contribution >= 4 is 17.3 Å². The average molecular weight is 481 g/mol. The highest BCUT2D eigenvalue weighted by Gasteiger charge is 2.08. The van der Waals surface area contributed by atoms with Crippen molar-refractivity contribution in [1.29, 1.82) is 0 Å². The molecule has 0 aliphatic rings. The molecule has 5 nitrogen and oxygen atoms in total. The smallest absolute Gasteiger partial charge is 0.243 e. The second-order valence-electron chi connectivity index (χ2n) is 8.45. The number of hydrogen-bond donors (Lipinski definition) is 2. The van der Waals surface area contributed by atoms with Crippen LogP contribution in [0.25, 0.3) is 0 Å². The quantitative estimate of drug-likeness (QED) is 0.218. The lowest BCUT2D eigenvalue weighted by Crippen LogP contribution is -2.22. The number of ether oxygens (including phenoxy) is 2. The molecule has 0 unspecified atom stereocenters. The molecule has 4 aromatic carbocycles. The lowest BCUT2D eigenvalue weighted by Gasteiger charge is -2.13. The standard InChI is InChI=1S/C31H32N2O3/c34-31(24-32-27-16-9-17-28(23-27)35-22-20-26-13-5-2-6-14-26)33-29-18-7-8-19-30(29)36-21-10-15-25-11-3-1-4-12-25/h1-9,11-14,16-19,23,32H,10,15,20-22,24H2,(H,33,34). The van der Waals surface area contributed by atoms with E-state index in [2.05, 4.69) is 34.9 Å². The predicted octanol–water partition coefficient (Wildman–Crippen LogP) is 6.37. The van der Waals surface area contributed by atoms with Gasteiger partial charge in [-0.1, -0.05) is 78.9 Å². The number of rotatable bonds is 13. The molecular weight excluding hydrogens is 448 g/mol. The van der Waals surface area contributed by atoms with Gasteiger partial charge >= 0.3 is 0 Å². The monoisotopic (exact) mass is 480 g/mol. The molecule has 184 valence electrons. The van der Waals surface area contributed by atoms with E-state index in [0.29, 0.717) is 24.7 Å². The van der Waals surface area contributed by atoms with Crippen molar-refractivity contribution in [2.24, 2.45) is 0 Å². The third kappa shape index (κ3) is 8.20. The van der Waals surface area contributed by atoms with E-state index in [1.54, 1.807) is 0 Å². The van der Waals surface area contributed by atoms with Gasteiger partial charge in [-0.05, 0) is 48.2 Å². The number of carbonyl (C=O) groups excluding carboxylic acids is 1. The average Bonchev–Trinajstić information content (AvgIpc) is 2.92. The Morgan fingerprint density at radius 3 is 2.14 bits per heavy atom. The number of aryl methyl sites for hydroxylation is 1. The Hall–Kier alpha value is -4.25. The van der Waals surface area contributed by atoms with Gasteiger partial charge in [-0.2, -0.15) is 0 Å². The maximum absolute atomic E-state index is 12.6. The Kier molecular flexibility index (Phi) is 9.39. The first-order valence-corrected chi connectivity index (χ1v) is 12.3. The van der Waals surface area contributed by atoms with Crippen LogP contribution >= 0.6 is 0 Å². The number of benzene rings is 4. The molecule has 0 bridgehead atoms. The number of carbonyl (C=O) groups is 1. The second-order valence-corrected chi connectivity index (χ2v) is 8.45. The van der Waals surface area contributed by atoms with Crippen LogP contribution in [0.4, 0.5) is 11.4 Å². The third-order valence-corrected chi connectivity index (χ3v) is 5.66. The summed E-state index contributed by atoms with van der Waals surface area (Å²) >= 11 is 0. The topological polar surface area (TPSA) is 59.6 Å². The highest BCUT2D eigenvalue weighted by atomic mass is 16.5. The molecule has 0 spiro atoms. The van der Waals surface area contributed by atoms with Gasteiger partial charge in [-0.25, -0.2) is 0 Å². The van der Waals surface area contributed by atoms with E-state index >= 15 is 0 Å². The lowest BCUT2D eigenvalue weighted by atomic mass is 10.1. The van der Waals surface area contributed by atoms with Gasteiger partial charge in [-0.3, -0.25) is 4.79 Å². The zero-order chi connectivity index (χ0) is 24.8. The van der Waals surface area contributed by atoms with Crippen LogP contribution in [0.1, 0.15) is 17.5 Å². The summed E-state index contributed by atoms with van der Waals surface area (Å²) in [4.78, 5) is 12.6. The summed E-state index contributed by atoms with van der Waals surface area (Å²) in [6.45, 7) is 1.31. The summed E-state index contributed by atoms with van der Waals surface area (Å²) in [5.41, 5.74) is 4.03. The molecule has 0 atom stereocenters. The fourth-order valence-electron chi connectivity index (χ4n) is 3.80. The number of amides is 1. The Morgan fingerprint density at radius 1 is 0.667 bits per heavy atom. The molecule has 4 rings (SSSR count). The fraction of sp³-hybridized carbons (Fsp3) is 0.194. The third-order valence-electron chi connectivity index (χ3n) is 5.66. The van der Waals surface area contributed by atoms with Gasteiger partial charge in [0.05, 0.1) is 25.4 Å². The summed E-state index contributed by atoms with van der Waals surface area (Å²) in [5.74, 6) is 1.30. The fourth-order valence-corrected chi connectivity index (χ4v) is 3.80. The summed E-state index contributed by atoms with van der Waals surface area (Å²) in [6, 6.07) is 35.8. The van der Waals surface area contributed by atoms with Gasteiger partial charge in [0.25, 0.3) is 0 Å². The zero-order valence-corrected chi connectivity index (χ0v) is 20.4. The van der Waals surface area contributed by atoms with E-state index < -0.39 is 0 Å². The van der Waals surface area contributed by atoms with Crippen molar-refractivity contribution < 1.29 is 14.3 Å². The highest BCUT2D eigenvalue weighted by molar-refractivity contribution is 5.95. The van der Waals surface area contributed by atoms with E-state index in [4.69, 9.17) is 9.47 Å². The molecule has 2 N–H and O–H groups in total. The van der Waals surface area contributed by atoms with Crippen LogP contribution in [0, 0.1) is 0 Å². The molecule has 4 aromatic rings. The van der Waals surface area contributed by atoms with E-state index in [9.17, 15) is 4.79 Å². The molecule has 0 aliphatic carbocycles. The molecule has 0 saturated carbocycles. The zero-order valence-electron chi connectivity index (χ0n) is 20.4. The first-order valence-electron chi connectivity index (χ1n) is 12.3. The number of para-hydroxylation sites is 2. The number of nitrogens with one attached hydrogen (secondary N) is 2. The van der Waals surface area contributed by atoms with Crippen molar-refractivity contribution in [2.45, 2.75) is 19.3 Å². The number of hydrogen-bond acceptors (Lipinski definition) is 4. The van der Waals surface area contributed by atoms with Crippen LogP contribution < -0.4 is 20.1 Å². The minimum Gasteiger partial charge on any atom is -0.493 e. The summed E-state index contributed by atoms with van der Waals surface area (Å²) in [6.07, 6.45) is 2.70. The minimum atomic E-state index is -0.147. The largest absolute Gasteiger partial charge is 0.493 e. The molecule has 5 heteroatoms.